The van der Waals surface area contributed by atoms with Gasteiger partial charge in [-0.15, -0.1) is 0 Å². The molecule has 0 aromatic carbocycles. The van der Waals surface area contributed by atoms with E-state index < -0.39 is 47.1 Å². The summed E-state index contributed by atoms with van der Waals surface area (Å²) in [6.45, 7) is 24.2. The van der Waals surface area contributed by atoms with Crippen LogP contribution < -0.4 is 0 Å². The van der Waals surface area contributed by atoms with Crippen molar-refractivity contribution in [3.05, 3.63) is 0 Å². The van der Waals surface area contributed by atoms with Gasteiger partial charge in [0, 0.05) is 11.5 Å². The van der Waals surface area contributed by atoms with Gasteiger partial charge in [0.05, 0.1) is 523 Å². The molecule has 0 heterocycles. The van der Waals surface area contributed by atoms with Crippen LogP contribution >= 0.6 is 62.3 Å². The third kappa shape index (κ3) is 94.1. The molecule has 0 fully saturated rings. The lowest BCUT2D eigenvalue weighted by Crippen LogP contribution is -2.55. The molecule has 0 aliphatic rings. The van der Waals surface area contributed by atoms with Crippen LogP contribution in [0.4, 0.5) is 0 Å². The molecule has 0 aromatic rings. The molecule has 0 aliphatic heterocycles. The Labute approximate surface area is 817 Å². The maximum Gasteiger partial charge on any atom is 0.0976 e. The first-order valence-corrected chi connectivity index (χ1v) is 49.9. The molecule has 0 rings (SSSR count). The summed E-state index contributed by atoms with van der Waals surface area (Å²) < 4.78 is 202. The maximum absolute atomic E-state index is 11.1. The number of ether oxygens (including phenoxy) is 36. The SMILES string of the molecule is OCCOCCOCCOCCOCCOCCOCCOCCOCCOC(CO)C(S)(CCS)C(CSCC(OCCOCCOCCOCCOCCOCCOCCOCCOCCO)C(S)(CCS)C(CO)OCCOCCOCCOCCOCCOCCOCCOCCOCCO)OCCOCCOCCOCCOCCOCCOCCOCCOCCO. The van der Waals surface area contributed by atoms with Gasteiger partial charge in [-0.05, 0) is 24.3 Å². The fourth-order valence-corrected chi connectivity index (χ4v) is 14.5. The van der Waals surface area contributed by atoms with E-state index in [-0.39, 0.29) is 92.5 Å². The zero-order valence-corrected chi connectivity index (χ0v) is 83.8. The van der Waals surface area contributed by atoms with Crippen LogP contribution in [0.3, 0.4) is 0 Å². The molecule has 47 heteroatoms. The van der Waals surface area contributed by atoms with Crippen LogP contribution in [0, 0.1) is 0 Å². The number of hydrogen-bond donors (Lipinski definition) is 10. The lowest BCUT2D eigenvalue weighted by atomic mass is 9.92. The van der Waals surface area contributed by atoms with E-state index >= 15 is 0 Å². The minimum atomic E-state index is -1.11. The standard InChI is InChI=1S/C86H174O42S5/c87-3-7-93-11-15-97-19-23-101-27-31-105-35-39-109-43-47-113-51-55-117-59-63-121-67-71-125-81(77-91)85(131,1-75-129)83(127-73-69-123-65-61-119-57-53-115-49-45-111-41-37-107-33-29-103-25-21-99-17-13-95-9-5-89)79-133-80-84(128-74-70-124-66-62-120-58-54-116-50-46-112-42-38-108-34-30-104-26-22-100-18-14-96-10-6-90)86(132,2-76-130)82(78-92)126-72-68-122-64-60-118-56-52-114-48-44-110-40-36-106-32-28-102-24-20-98-16-12-94-8-4-88/h81-84,87-92,129-132H,1-80H2. The Kier molecular flexibility index (Phi) is 114. The molecule has 0 amide bonds. The van der Waals surface area contributed by atoms with Gasteiger partial charge in [-0.3, -0.25) is 0 Å². The predicted octanol–water partition coefficient (Wildman–Crippen LogP) is -0.278. The van der Waals surface area contributed by atoms with Crippen LogP contribution in [0.25, 0.3) is 0 Å². The average molecular weight is 2040 g/mol. The number of aliphatic hydroxyl groups excluding tert-OH is 6. The molecule has 0 saturated heterocycles. The Hall–Kier alpha value is 0.0700. The summed E-state index contributed by atoms with van der Waals surface area (Å²) in [6.07, 6.45) is -2.32. The average Bonchev–Trinajstić information content (AvgIpc) is 0.805. The van der Waals surface area contributed by atoms with Gasteiger partial charge in [0.25, 0.3) is 0 Å². The van der Waals surface area contributed by atoms with Gasteiger partial charge in [0.2, 0.25) is 0 Å². The summed E-state index contributed by atoms with van der Waals surface area (Å²) in [6, 6.07) is 0. The van der Waals surface area contributed by atoms with Crippen LogP contribution in [-0.2, 0) is 171 Å². The summed E-state index contributed by atoms with van der Waals surface area (Å²) in [5, 5.41) is 57.3. The van der Waals surface area contributed by atoms with Crippen molar-refractivity contribution < 1.29 is 201 Å². The van der Waals surface area contributed by atoms with E-state index in [1.165, 1.54) is 11.8 Å². The van der Waals surface area contributed by atoms with Crippen LogP contribution in [0.5, 0.6) is 0 Å². The van der Waals surface area contributed by atoms with E-state index in [1.807, 2.05) is 0 Å². The monoisotopic (exact) mass is 2040 g/mol. The second kappa shape index (κ2) is 114. The molecule has 0 aromatic heterocycles. The van der Waals surface area contributed by atoms with Crippen molar-refractivity contribution in [1.29, 1.82) is 0 Å². The highest BCUT2D eigenvalue weighted by Gasteiger charge is 2.46. The zero-order chi connectivity index (χ0) is 96.0. The minimum Gasteiger partial charge on any atom is -0.394 e. The summed E-state index contributed by atoms with van der Waals surface area (Å²) in [4.78, 5) is 0. The maximum atomic E-state index is 11.1. The van der Waals surface area contributed by atoms with Crippen molar-refractivity contribution >= 4 is 62.3 Å². The number of aliphatic hydroxyl groups is 6. The molecule has 6 N–H and O–H groups in total. The van der Waals surface area contributed by atoms with E-state index in [4.69, 9.17) is 241 Å². The van der Waals surface area contributed by atoms with Gasteiger partial charge in [0.1, 0.15) is 0 Å². The second-order valence-corrected chi connectivity index (χ2v) is 31.4. The van der Waals surface area contributed by atoms with Gasteiger partial charge >= 0.3 is 0 Å². The third-order valence-corrected chi connectivity index (χ3v) is 20.8. The Morgan fingerprint density at radius 3 is 0.368 bits per heavy atom. The topological polar surface area (TPSA) is 454 Å². The first-order chi connectivity index (χ1) is 65.8. The van der Waals surface area contributed by atoms with Gasteiger partial charge < -0.3 is 201 Å². The molecule has 6 atom stereocenters. The molecule has 800 valence electrons. The lowest BCUT2D eigenvalue weighted by molar-refractivity contribution is -0.0837. The molecular formula is C86H174O42S5. The highest BCUT2D eigenvalue weighted by Crippen LogP contribution is 2.38. The van der Waals surface area contributed by atoms with Crippen molar-refractivity contribution in [2.75, 3.05) is 512 Å². The van der Waals surface area contributed by atoms with E-state index in [1.54, 1.807) is 0 Å². The fourth-order valence-electron chi connectivity index (χ4n) is 10.9. The molecular weight excluding hydrogens is 1870 g/mol. The summed E-state index contributed by atoms with van der Waals surface area (Å²) in [5.41, 5.74) is 0. The summed E-state index contributed by atoms with van der Waals surface area (Å²) in [5.74, 6) is 1.38. The molecule has 0 aliphatic carbocycles. The smallest absolute Gasteiger partial charge is 0.0976 e. The number of thiol groups is 4. The Balaban J connectivity index is 5.79. The van der Waals surface area contributed by atoms with Gasteiger partial charge in [0.15, 0.2) is 0 Å². The molecule has 42 nitrogen and oxygen atoms in total. The first kappa shape index (κ1) is 133. The van der Waals surface area contributed by atoms with Gasteiger partial charge in [-0.2, -0.15) is 62.3 Å². The number of hydrogen-bond acceptors (Lipinski definition) is 47. The number of rotatable bonds is 122. The molecule has 0 bridgehead atoms. The normalized spacial score (nSPS) is 13.8. The quantitative estimate of drug-likeness (QED) is 0.0277. The first-order valence-electron chi connectivity index (χ1n) is 46.6. The molecule has 133 heavy (non-hydrogen) atoms. The highest BCUT2D eigenvalue weighted by atomic mass is 32.2. The predicted molar refractivity (Wildman–Crippen MR) is 505 cm³/mol. The van der Waals surface area contributed by atoms with E-state index in [0.717, 1.165) is 0 Å². The molecule has 0 saturated carbocycles. The lowest BCUT2D eigenvalue weighted by Gasteiger charge is -2.43. The van der Waals surface area contributed by atoms with Crippen molar-refractivity contribution in [2.45, 2.75) is 46.8 Å². The van der Waals surface area contributed by atoms with Crippen LogP contribution in [-0.4, -0.2) is 576 Å². The van der Waals surface area contributed by atoms with Gasteiger partial charge in [-0.25, -0.2) is 0 Å². The van der Waals surface area contributed by atoms with Crippen molar-refractivity contribution in [3.8, 4) is 0 Å². The number of thioether (sulfide) groups is 1. The Bertz CT molecular complexity index is 2020. The van der Waals surface area contributed by atoms with E-state index in [0.29, 0.717) is 419 Å². The zero-order valence-electron chi connectivity index (χ0n) is 79.5. The second-order valence-electron chi connectivity index (χ2n) is 27.8. The van der Waals surface area contributed by atoms with Crippen molar-refractivity contribution in [3.63, 3.8) is 0 Å². The molecule has 0 radical (unpaired) electrons. The molecule has 6 unspecified atom stereocenters. The molecule has 0 spiro atoms. The van der Waals surface area contributed by atoms with E-state index in [9.17, 15) is 10.2 Å². The van der Waals surface area contributed by atoms with Crippen molar-refractivity contribution in [1.82, 2.24) is 0 Å². The van der Waals surface area contributed by atoms with Gasteiger partial charge in [-0.1, -0.05) is 0 Å². The Morgan fingerprint density at radius 1 is 0.158 bits per heavy atom. The summed E-state index contributed by atoms with van der Waals surface area (Å²) >= 11 is 21.6. The highest BCUT2D eigenvalue weighted by molar-refractivity contribution is 7.99. The van der Waals surface area contributed by atoms with Crippen molar-refractivity contribution in [2.24, 2.45) is 0 Å². The van der Waals surface area contributed by atoms with Crippen LogP contribution in [0.2, 0.25) is 0 Å². The Morgan fingerprint density at radius 2 is 0.263 bits per heavy atom. The largest absolute Gasteiger partial charge is 0.394 e. The van der Waals surface area contributed by atoms with Crippen LogP contribution in [0.15, 0.2) is 0 Å². The fraction of sp³-hybridized carbons (Fsp3) is 1.00. The van der Waals surface area contributed by atoms with Crippen LogP contribution in [0.1, 0.15) is 12.8 Å². The van der Waals surface area contributed by atoms with E-state index in [2.05, 4.69) is 0 Å². The summed E-state index contributed by atoms with van der Waals surface area (Å²) in [7, 11) is 0. The minimum absolute atomic E-state index is 0.0119. The third-order valence-electron chi connectivity index (χ3n) is 17.7.